The number of aromatic nitrogens is 1. The van der Waals surface area contributed by atoms with E-state index in [0.717, 1.165) is 17.8 Å². The molecule has 1 heterocycles. The lowest BCUT2D eigenvalue weighted by molar-refractivity contribution is 0.216. The Balaban J connectivity index is 2.75. The quantitative estimate of drug-likeness (QED) is 0.432. The summed E-state index contributed by atoms with van der Waals surface area (Å²) in [6, 6.07) is 4.21. The maximum Gasteiger partial charge on any atom is 0.213 e. The summed E-state index contributed by atoms with van der Waals surface area (Å²) in [7, 11) is 2.01. The van der Waals surface area contributed by atoms with E-state index >= 15 is 0 Å². The van der Waals surface area contributed by atoms with Crippen LogP contribution in [-0.2, 0) is 0 Å². The number of aliphatic imine (C=N–C) groups is 1. The van der Waals surface area contributed by atoms with E-state index in [4.69, 9.17) is 4.74 Å². The molecule has 110 valence electrons. The summed E-state index contributed by atoms with van der Waals surface area (Å²) in [4.78, 5) is 10.9. The SMILES string of the molecule is C=CCC(C)Oc1ccc(N=CN(C)C(C)C)c(C)n1. The number of ether oxygens (including phenoxy) is 1. The lowest BCUT2D eigenvalue weighted by atomic mass is 10.3. The van der Waals surface area contributed by atoms with Crippen LogP contribution in [0.3, 0.4) is 0 Å². The van der Waals surface area contributed by atoms with Crippen LogP contribution in [0, 0.1) is 6.92 Å². The average molecular weight is 275 g/mol. The second-order valence-corrected chi connectivity index (χ2v) is 5.21. The predicted octanol–water partition coefficient (Wildman–Crippen LogP) is 3.73. The van der Waals surface area contributed by atoms with Gasteiger partial charge in [0.15, 0.2) is 0 Å². The lowest BCUT2D eigenvalue weighted by Gasteiger charge is -2.17. The molecule has 20 heavy (non-hydrogen) atoms. The Morgan fingerprint density at radius 3 is 2.65 bits per heavy atom. The maximum atomic E-state index is 5.71. The van der Waals surface area contributed by atoms with Crippen LogP contribution < -0.4 is 4.74 Å². The summed E-state index contributed by atoms with van der Waals surface area (Å²) in [5, 5.41) is 0. The molecule has 0 saturated heterocycles. The Hall–Kier alpha value is -1.84. The number of rotatable bonds is 7. The Labute approximate surface area is 122 Å². The van der Waals surface area contributed by atoms with E-state index in [9.17, 15) is 0 Å². The molecule has 0 fully saturated rings. The molecule has 0 bridgehead atoms. The van der Waals surface area contributed by atoms with Crippen molar-refractivity contribution in [3.8, 4) is 5.88 Å². The normalized spacial score (nSPS) is 12.7. The smallest absolute Gasteiger partial charge is 0.213 e. The summed E-state index contributed by atoms with van der Waals surface area (Å²) in [6.07, 6.45) is 4.56. The summed E-state index contributed by atoms with van der Waals surface area (Å²) in [5.74, 6) is 0.632. The number of pyridine rings is 1. The van der Waals surface area contributed by atoms with Gasteiger partial charge in [-0.15, -0.1) is 6.58 Å². The fourth-order valence-electron chi connectivity index (χ4n) is 1.51. The van der Waals surface area contributed by atoms with Crippen LogP contribution in [0.1, 0.15) is 32.9 Å². The summed E-state index contributed by atoms with van der Waals surface area (Å²) < 4.78 is 5.71. The molecule has 4 nitrogen and oxygen atoms in total. The van der Waals surface area contributed by atoms with Crippen LogP contribution in [0.5, 0.6) is 5.88 Å². The molecule has 0 aliphatic carbocycles. The highest BCUT2D eigenvalue weighted by Gasteiger charge is 2.06. The molecular formula is C16H25N3O. The number of hydrogen-bond donors (Lipinski definition) is 0. The highest BCUT2D eigenvalue weighted by atomic mass is 16.5. The maximum absolute atomic E-state index is 5.71. The molecule has 0 aromatic carbocycles. The second-order valence-electron chi connectivity index (χ2n) is 5.21. The van der Waals surface area contributed by atoms with Gasteiger partial charge in [-0.2, -0.15) is 0 Å². The molecule has 1 aromatic rings. The van der Waals surface area contributed by atoms with Crippen molar-refractivity contribution >= 4 is 12.0 Å². The van der Waals surface area contributed by atoms with Crippen molar-refractivity contribution in [3.05, 3.63) is 30.5 Å². The first-order valence-electron chi connectivity index (χ1n) is 6.95. The van der Waals surface area contributed by atoms with E-state index in [1.54, 1.807) is 0 Å². The lowest BCUT2D eigenvalue weighted by Crippen LogP contribution is -2.24. The first-order valence-corrected chi connectivity index (χ1v) is 6.95. The van der Waals surface area contributed by atoms with Crippen LogP contribution in [0.2, 0.25) is 0 Å². The van der Waals surface area contributed by atoms with Gasteiger partial charge in [0.25, 0.3) is 0 Å². The molecule has 1 rings (SSSR count). The van der Waals surface area contributed by atoms with Gasteiger partial charge in [0.2, 0.25) is 5.88 Å². The summed E-state index contributed by atoms with van der Waals surface area (Å²) in [6.45, 7) is 11.9. The van der Waals surface area contributed by atoms with Crippen molar-refractivity contribution in [2.75, 3.05) is 7.05 Å². The zero-order chi connectivity index (χ0) is 15.1. The highest BCUT2D eigenvalue weighted by molar-refractivity contribution is 5.62. The van der Waals surface area contributed by atoms with Gasteiger partial charge in [-0.1, -0.05) is 6.08 Å². The van der Waals surface area contributed by atoms with Gasteiger partial charge >= 0.3 is 0 Å². The topological polar surface area (TPSA) is 37.7 Å². The molecule has 0 amide bonds. The Morgan fingerprint density at radius 2 is 2.10 bits per heavy atom. The minimum atomic E-state index is 0.0841. The van der Waals surface area contributed by atoms with Crippen molar-refractivity contribution in [2.45, 2.75) is 46.3 Å². The van der Waals surface area contributed by atoms with E-state index in [2.05, 4.69) is 35.3 Å². The van der Waals surface area contributed by atoms with E-state index in [0.29, 0.717) is 11.9 Å². The van der Waals surface area contributed by atoms with Gasteiger partial charge in [-0.05, 0) is 33.8 Å². The zero-order valence-electron chi connectivity index (χ0n) is 13.1. The van der Waals surface area contributed by atoms with Gasteiger partial charge < -0.3 is 9.64 Å². The molecule has 0 saturated carbocycles. The Morgan fingerprint density at radius 1 is 1.40 bits per heavy atom. The van der Waals surface area contributed by atoms with Crippen molar-refractivity contribution in [3.63, 3.8) is 0 Å². The fraction of sp³-hybridized carbons (Fsp3) is 0.500. The third kappa shape index (κ3) is 5.03. The minimum Gasteiger partial charge on any atom is -0.474 e. The van der Waals surface area contributed by atoms with Crippen molar-refractivity contribution in [1.82, 2.24) is 9.88 Å². The first kappa shape index (κ1) is 16.2. The first-order chi connectivity index (χ1) is 9.43. The van der Waals surface area contributed by atoms with Gasteiger partial charge in [-0.25, -0.2) is 9.98 Å². The van der Waals surface area contributed by atoms with E-state index in [1.165, 1.54) is 0 Å². The molecule has 4 heteroatoms. The number of nitrogens with zero attached hydrogens (tertiary/aromatic N) is 3. The van der Waals surface area contributed by atoms with Gasteiger partial charge in [0.05, 0.1) is 17.7 Å². The largest absolute Gasteiger partial charge is 0.474 e. The average Bonchev–Trinajstić information content (AvgIpc) is 2.37. The van der Waals surface area contributed by atoms with Crippen LogP contribution in [0.15, 0.2) is 29.8 Å². The van der Waals surface area contributed by atoms with Crippen molar-refractivity contribution in [2.24, 2.45) is 4.99 Å². The molecule has 1 atom stereocenters. The summed E-state index contributed by atoms with van der Waals surface area (Å²) >= 11 is 0. The van der Waals surface area contributed by atoms with E-state index < -0.39 is 0 Å². The predicted molar refractivity (Wildman–Crippen MR) is 84.9 cm³/mol. The minimum absolute atomic E-state index is 0.0841. The molecule has 0 N–H and O–H groups in total. The Kier molecular flexibility index (Phi) is 6.22. The molecule has 0 spiro atoms. The summed E-state index contributed by atoms with van der Waals surface area (Å²) in [5.41, 5.74) is 1.72. The highest BCUT2D eigenvalue weighted by Crippen LogP contribution is 2.21. The molecule has 0 aliphatic rings. The number of aryl methyl sites for hydroxylation is 1. The van der Waals surface area contributed by atoms with E-state index in [-0.39, 0.29) is 6.10 Å². The standard InChI is InChI=1S/C16H25N3O/c1-7-8-13(4)20-16-10-9-15(14(5)18-16)17-11-19(6)12(2)3/h7,9-13H,1,8H2,2-6H3. The molecular weight excluding hydrogens is 250 g/mol. The van der Waals surface area contributed by atoms with Crippen LogP contribution in [0.25, 0.3) is 0 Å². The second kappa shape index (κ2) is 7.68. The van der Waals surface area contributed by atoms with Gasteiger partial charge in [-0.3, -0.25) is 0 Å². The van der Waals surface area contributed by atoms with Gasteiger partial charge in [0, 0.05) is 25.6 Å². The third-order valence-corrected chi connectivity index (χ3v) is 3.05. The van der Waals surface area contributed by atoms with Crippen LogP contribution in [-0.4, -0.2) is 35.4 Å². The third-order valence-electron chi connectivity index (χ3n) is 3.05. The van der Waals surface area contributed by atoms with Crippen molar-refractivity contribution < 1.29 is 4.74 Å². The van der Waals surface area contributed by atoms with Gasteiger partial charge in [0.1, 0.15) is 6.10 Å². The number of hydrogen-bond acceptors (Lipinski definition) is 3. The van der Waals surface area contributed by atoms with E-state index in [1.807, 2.05) is 45.4 Å². The van der Waals surface area contributed by atoms with Crippen LogP contribution >= 0.6 is 0 Å². The van der Waals surface area contributed by atoms with Crippen molar-refractivity contribution in [1.29, 1.82) is 0 Å². The molecule has 0 aliphatic heterocycles. The van der Waals surface area contributed by atoms with Crippen LogP contribution in [0.4, 0.5) is 5.69 Å². The molecule has 1 unspecified atom stereocenters. The monoisotopic (exact) mass is 275 g/mol. The molecule has 1 aromatic heterocycles. The molecule has 0 radical (unpaired) electrons. The fourth-order valence-corrected chi connectivity index (χ4v) is 1.51. The Bertz CT molecular complexity index is 469. The zero-order valence-corrected chi connectivity index (χ0v) is 13.1.